The lowest BCUT2D eigenvalue weighted by Gasteiger charge is -2.24. The Morgan fingerprint density at radius 1 is 1.00 bits per heavy atom. The molecule has 0 spiro atoms. The first kappa shape index (κ1) is 23.5. The number of thiazole rings is 1. The van der Waals surface area contributed by atoms with E-state index in [1.807, 2.05) is 49.4 Å². The van der Waals surface area contributed by atoms with Crippen molar-refractivity contribution in [2.45, 2.75) is 20.8 Å². The highest BCUT2D eigenvalue weighted by molar-refractivity contribution is 9.10. The van der Waals surface area contributed by atoms with Gasteiger partial charge in [0.05, 0.1) is 16.8 Å². The highest BCUT2D eigenvalue weighted by atomic mass is 79.9. The number of rotatable bonds is 11. The zero-order valence-corrected chi connectivity index (χ0v) is 20.5. The number of anilines is 1. The van der Waals surface area contributed by atoms with Gasteiger partial charge in [-0.3, -0.25) is 9.69 Å². The van der Waals surface area contributed by atoms with Crippen LogP contribution >= 0.6 is 27.3 Å². The average Bonchev–Trinajstić information content (AvgIpc) is 3.19. The van der Waals surface area contributed by atoms with Crippen molar-refractivity contribution in [2.75, 3.05) is 44.3 Å². The van der Waals surface area contributed by atoms with Crippen molar-refractivity contribution in [3.63, 3.8) is 0 Å². The van der Waals surface area contributed by atoms with Gasteiger partial charge in [-0.15, -0.1) is 0 Å². The lowest BCUT2D eigenvalue weighted by molar-refractivity contribution is -0.120. The monoisotopic (exact) mass is 505 g/mol. The largest absolute Gasteiger partial charge is 0.494 e. The highest BCUT2D eigenvalue weighted by Gasteiger charge is 2.21. The number of likely N-dealkylation sites (N-methyl/N-ethyl adjacent to an activating group) is 1. The van der Waals surface area contributed by atoms with Crippen LogP contribution in [0.25, 0.3) is 10.2 Å². The number of benzene rings is 2. The van der Waals surface area contributed by atoms with E-state index < -0.39 is 0 Å². The molecule has 0 saturated heterocycles. The molecule has 31 heavy (non-hydrogen) atoms. The molecule has 0 fully saturated rings. The Morgan fingerprint density at radius 2 is 1.68 bits per heavy atom. The fraction of sp³-hybridized carbons (Fsp3) is 0.391. The molecule has 0 bridgehead atoms. The Bertz CT molecular complexity index is 989. The number of carbonyl (C=O) groups is 1. The average molecular weight is 506 g/mol. The van der Waals surface area contributed by atoms with Gasteiger partial charge in [-0.1, -0.05) is 41.1 Å². The lowest BCUT2D eigenvalue weighted by Crippen LogP contribution is -2.41. The van der Waals surface area contributed by atoms with Gasteiger partial charge in [0.25, 0.3) is 5.91 Å². The maximum atomic E-state index is 13.1. The Kier molecular flexibility index (Phi) is 8.69. The van der Waals surface area contributed by atoms with Crippen LogP contribution in [0.5, 0.6) is 11.5 Å². The third kappa shape index (κ3) is 6.41. The molecule has 0 aliphatic rings. The van der Waals surface area contributed by atoms with Crippen LogP contribution in [-0.4, -0.2) is 55.2 Å². The van der Waals surface area contributed by atoms with Gasteiger partial charge in [-0.25, -0.2) is 4.98 Å². The number of nitrogens with zero attached hydrogens (tertiary/aromatic N) is 3. The maximum absolute atomic E-state index is 13.1. The molecule has 166 valence electrons. The molecular weight excluding hydrogens is 478 g/mol. The molecule has 1 amide bonds. The van der Waals surface area contributed by atoms with Gasteiger partial charge < -0.3 is 14.4 Å². The number of hydrogen-bond donors (Lipinski definition) is 0. The molecule has 0 aliphatic carbocycles. The van der Waals surface area contributed by atoms with Crippen LogP contribution in [0, 0.1) is 0 Å². The molecule has 8 heteroatoms. The van der Waals surface area contributed by atoms with Crippen molar-refractivity contribution in [1.82, 2.24) is 9.88 Å². The van der Waals surface area contributed by atoms with E-state index in [4.69, 9.17) is 14.5 Å². The van der Waals surface area contributed by atoms with Crippen molar-refractivity contribution >= 4 is 48.5 Å². The van der Waals surface area contributed by atoms with Crippen LogP contribution in [-0.2, 0) is 4.79 Å². The Hall–Kier alpha value is -2.16. The van der Waals surface area contributed by atoms with Gasteiger partial charge in [0.2, 0.25) is 0 Å². The van der Waals surface area contributed by atoms with Crippen LogP contribution in [0.3, 0.4) is 0 Å². The summed E-state index contributed by atoms with van der Waals surface area (Å²) in [5.74, 6) is 1.30. The van der Waals surface area contributed by atoms with Gasteiger partial charge in [-0.05, 0) is 62.5 Å². The molecule has 1 heterocycles. The molecule has 0 saturated carbocycles. The number of amides is 1. The molecule has 6 nitrogen and oxygen atoms in total. The van der Waals surface area contributed by atoms with Crippen molar-refractivity contribution in [1.29, 1.82) is 0 Å². The van der Waals surface area contributed by atoms with Crippen molar-refractivity contribution in [2.24, 2.45) is 0 Å². The number of ether oxygens (including phenoxy) is 2. The summed E-state index contributed by atoms with van der Waals surface area (Å²) in [6.07, 6.45) is 0. The van der Waals surface area contributed by atoms with E-state index in [2.05, 4.69) is 34.7 Å². The molecule has 0 aliphatic heterocycles. The van der Waals surface area contributed by atoms with Gasteiger partial charge in [0.1, 0.15) is 11.5 Å². The molecule has 0 atom stereocenters. The number of aromatic nitrogens is 1. The molecule has 0 radical (unpaired) electrons. The number of fused-ring (bicyclic) bond motifs is 1. The van der Waals surface area contributed by atoms with Crippen molar-refractivity contribution in [3.05, 3.63) is 46.9 Å². The fourth-order valence-corrected chi connectivity index (χ4v) is 4.69. The summed E-state index contributed by atoms with van der Waals surface area (Å²) in [7, 11) is 0. The number of halogens is 1. The fourth-order valence-electron chi connectivity index (χ4n) is 3.13. The summed E-state index contributed by atoms with van der Waals surface area (Å²) in [6.45, 7) is 9.97. The van der Waals surface area contributed by atoms with Crippen molar-refractivity contribution < 1.29 is 14.3 Å². The highest BCUT2D eigenvalue weighted by Crippen LogP contribution is 2.31. The molecule has 3 rings (SSSR count). The number of carbonyl (C=O) groups excluding carboxylic acids is 1. The van der Waals surface area contributed by atoms with Gasteiger partial charge >= 0.3 is 0 Å². The first-order valence-electron chi connectivity index (χ1n) is 10.5. The van der Waals surface area contributed by atoms with Crippen LogP contribution in [0.2, 0.25) is 0 Å². The molecule has 0 N–H and O–H groups in total. The molecule has 0 unspecified atom stereocenters. The standard InChI is InChI=1S/C23H28BrN3O3S/c1-4-26(5-2)13-14-27(23-25-20-12-7-17(24)15-21(20)31-23)22(28)16-30-19-10-8-18(9-11-19)29-6-3/h7-12,15H,4-6,13-14,16H2,1-3H3. The van der Waals surface area contributed by atoms with Crippen LogP contribution in [0.4, 0.5) is 5.13 Å². The minimum Gasteiger partial charge on any atom is -0.494 e. The van der Waals surface area contributed by atoms with Gasteiger partial charge in [0.15, 0.2) is 11.7 Å². The third-order valence-corrected chi connectivity index (χ3v) is 6.44. The van der Waals surface area contributed by atoms with E-state index in [1.165, 1.54) is 11.3 Å². The Balaban J connectivity index is 1.74. The summed E-state index contributed by atoms with van der Waals surface area (Å²) >= 11 is 5.02. The zero-order chi connectivity index (χ0) is 22.2. The normalized spacial score (nSPS) is 11.1. The second-order valence-corrected chi connectivity index (χ2v) is 8.80. The quantitative estimate of drug-likeness (QED) is 0.357. The predicted molar refractivity (Wildman–Crippen MR) is 131 cm³/mol. The van der Waals surface area contributed by atoms with Gasteiger partial charge in [-0.2, -0.15) is 0 Å². The predicted octanol–water partition coefficient (Wildman–Crippen LogP) is 5.21. The summed E-state index contributed by atoms with van der Waals surface area (Å²) in [5.41, 5.74) is 0.885. The molecule has 2 aromatic carbocycles. The third-order valence-electron chi connectivity index (χ3n) is 4.90. The minimum absolute atomic E-state index is 0.0498. The molecule has 3 aromatic rings. The summed E-state index contributed by atoms with van der Waals surface area (Å²) < 4.78 is 13.2. The summed E-state index contributed by atoms with van der Waals surface area (Å²) in [5, 5.41) is 0.695. The van der Waals surface area contributed by atoms with E-state index >= 15 is 0 Å². The van der Waals surface area contributed by atoms with Crippen LogP contribution in [0.15, 0.2) is 46.9 Å². The smallest absolute Gasteiger partial charge is 0.266 e. The molecular formula is C23H28BrN3O3S. The Labute approximate surface area is 195 Å². The van der Waals surface area contributed by atoms with E-state index in [-0.39, 0.29) is 12.5 Å². The second-order valence-electron chi connectivity index (χ2n) is 6.87. The SMILES string of the molecule is CCOc1ccc(OCC(=O)N(CCN(CC)CC)c2nc3ccc(Br)cc3s2)cc1. The zero-order valence-electron chi connectivity index (χ0n) is 18.1. The van der Waals surface area contributed by atoms with Crippen molar-refractivity contribution in [3.8, 4) is 11.5 Å². The van der Waals surface area contributed by atoms with E-state index in [9.17, 15) is 4.79 Å². The van der Waals surface area contributed by atoms with E-state index in [0.29, 0.717) is 24.0 Å². The lowest BCUT2D eigenvalue weighted by atomic mass is 10.3. The van der Waals surface area contributed by atoms with Crippen LogP contribution < -0.4 is 14.4 Å². The summed E-state index contributed by atoms with van der Waals surface area (Å²) in [6, 6.07) is 13.3. The van der Waals surface area contributed by atoms with Gasteiger partial charge in [0, 0.05) is 17.6 Å². The first-order chi connectivity index (χ1) is 15.0. The number of hydrogen-bond acceptors (Lipinski definition) is 6. The van der Waals surface area contributed by atoms with Crippen LogP contribution in [0.1, 0.15) is 20.8 Å². The summed E-state index contributed by atoms with van der Waals surface area (Å²) in [4.78, 5) is 21.9. The first-order valence-corrected chi connectivity index (χ1v) is 12.1. The Morgan fingerprint density at radius 3 is 2.32 bits per heavy atom. The van der Waals surface area contributed by atoms with E-state index in [1.54, 1.807) is 4.90 Å². The maximum Gasteiger partial charge on any atom is 0.266 e. The van der Waals surface area contributed by atoms with E-state index in [0.717, 1.165) is 40.1 Å². The molecule has 1 aromatic heterocycles. The topological polar surface area (TPSA) is 54.9 Å². The second kappa shape index (κ2) is 11.5. The minimum atomic E-state index is -0.112.